The SMILES string of the molecule is CN(CC1CCCCC1)C(=O)c1ccc(COc2ccc(F)cc2)o1. The molecule has 0 saturated heterocycles. The molecule has 1 aromatic heterocycles. The first-order valence-corrected chi connectivity index (χ1v) is 8.84. The first-order chi connectivity index (χ1) is 12.1. The van der Waals surface area contributed by atoms with E-state index in [0.29, 0.717) is 23.2 Å². The summed E-state index contributed by atoms with van der Waals surface area (Å²) in [6.07, 6.45) is 6.24. The van der Waals surface area contributed by atoms with Crippen LogP contribution in [0.25, 0.3) is 0 Å². The van der Waals surface area contributed by atoms with Crippen LogP contribution < -0.4 is 4.74 Å². The highest BCUT2D eigenvalue weighted by molar-refractivity contribution is 5.91. The van der Waals surface area contributed by atoms with Gasteiger partial charge in [-0.25, -0.2) is 4.39 Å². The van der Waals surface area contributed by atoms with Crippen molar-refractivity contribution in [3.63, 3.8) is 0 Å². The molecule has 1 heterocycles. The lowest BCUT2D eigenvalue weighted by Crippen LogP contribution is -2.32. The normalized spacial score (nSPS) is 15.1. The third-order valence-corrected chi connectivity index (χ3v) is 4.67. The van der Waals surface area contributed by atoms with E-state index < -0.39 is 0 Å². The molecule has 0 radical (unpaired) electrons. The monoisotopic (exact) mass is 345 g/mol. The number of rotatable bonds is 6. The van der Waals surface area contributed by atoms with E-state index >= 15 is 0 Å². The van der Waals surface area contributed by atoms with E-state index in [1.165, 1.54) is 44.2 Å². The molecule has 1 aromatic carbocycles. The molecule has 1 aliphatic rings. The van der Waals surface area contributed by atoms with Gasteiger partial charge in [0.2, 0.25) is 0 Å². The van der Waals surface area contributed by atoms with E-state index in [1.54, 1.807) is 29.2 Å². The number of nitrogens with zero attached hydrogens (tertiary/aromatic N) is 1. The molecule has 1 aliphatic carbocycles. The summed E-state index contributed by atoms with van der Waals surface area (Å²) in [5.41, 5.74) is 0. The van der Waals surface area contributed by atoms with Gasteiger partial charge in [0.15, 0.2) is 5.76 Å². The molecular formula is C20H24FNO3. The van der Waals surface area contributed by atoms with Crippen molar-refractivity contribution in [2.24, 2.45) is 5.92 Å². The van der Waals surface area contributed by atoms with E-state index in [9.17, 15) is 9.18 Å². The Balaban J connectivity index is 1.52. The van der Waals surface area contributed by atoms with E-state index in [2.05, 4.69) is 0 Å². The summed E-state index contributed by atoms with van der Waals surface area (Å²) in [4.78, 5) is 14.2. The second-order valence-electron chi connectivity index (χ2n) is 6.70. The Kier molecular flexibility index (Phi) is 5.74. The molecule has 1 fully saturated rings. The van der Waals surface area contributed by atoms with Gasteiger partial charge >= 0.3 is 0 Å². The third-order valence-electron chi connectivity index (χ3n) is 4.67. The van der Waals surface area contributed by atoms with Gasteiger partial charge in [-0.1, -0.05) is 19.3 Å². The predicted octanol–water partition coefficient (Wildman–Crippen LogP) is 4.65. The molecule has 1 amide bonds. The van der Waals surface area contributed by atoms with Gasteiger partial charge < -0.3 is 14.1 Å². The van der Waals surface area contributed by atoms with Crippen LogP contribution in [0.15, 0.2) is 40.8 Å². The van der Waals surface area contributed by atoms with Crippen LogP contribution in [-0.2, 0) is 6.61 Å². The molecular weight excluding hydrogens is 321 g/mol. The number of furan rings is 1. The zero-order valence-electron chi connectivity index (χ0n) is 14.5. The van der Waals surface area contributed by atoms with Crippen molar-refractivity contribution in [2.45, 2.75) is 38.7 Å². The summed E-state index contributed by atoms with van der Waals surface area (Å²) < 4.78 is 24.0. The molecule has 0 N–H and O–H groups in total. The molecule has 3 rings (SSSR count). The number of amides is 1. The highest BCUT2D eigenvalue weighted by atomic mass is 19.1. The van der Waals surface area contributed by atoms with Crippen molar-refractivity contribution in [1.82, 2.24) is 4.90 Å². The number of hydrogen-bond acceptors (Lipinski definition) is 3. The number of benzene rings is 1. The largest absolute Gasteiger partial charge is 0.486 e. The lowest BCUT2D eigenvalue weighted by Gasteiger charge is -2.26. The van der Waals surface area contributed by atoms with Crippen LogP contribution in [0.4, 0.5) is 4.39 Å². The van der Waals surface area contributed by atoms with Gasteiger partial charge in [0.05, 0.1) is 0 Å². The van der Waals surface area contributed by atoms with Gasteiger partial charge in [-0.2, -0.15) is 0 Å². The summed E-state index contributed by atoms with van der Waals surface area (Å²) >= 11 is 0. The molecule has 0 aliphatic heterocycles. The summed E-state index contributed by atoms with van der Waals surface area (Å²) in [6, 6.07) is 9.22. The molecule has 4 nitrogen and oxygen atoms in total. The Morgan fingerprint density at radius 1 is 1.16 bits per heavy atom. The molecule has 134 valence electrons. The van der Waals surface area contributed by atoms with E-state index in [0.717, 1.165) is 6.54 Å². The van der Waals surface area contributed by atoms with Gasteiger partial charge in [-0.3, -0.25) is 4.79 Å². The minimum absolute atomic E-state index is 0.0985. The van der Waals surface area contributed by atoms with Crippen LogP contribution in [-0.4, -0.2) is 24.4 Å². The third kappa shape index (κ3) is 4.84. The molecule has 0 bridgehead atoms. The fraction of sp³-hybridized carbons (Fsp3) is 0.450. The fourth-order valence-corrected chi connectivity index (χ4v) is 3.28. The van der Waals surface area contributed by atoms with Crippen molar-refractivity contribution < 1.29 is 18.3 Å². The minimum Gasteiger partial charge on any atom is -0.486 e. The van der Waals surface area contributed by atoms with Crippen molar-refractivity contribution in [3.8, 4) is 5.75 Å². The van der Waals surface area contributed by atoms with Crippen molar-refractivity contribution >= 4 is 5.91 Å². The number of carbonyl (C=O) groups is 1. The van der Waals surface area contributed by atoms with E-state index in [-0.39, 0.29) is 18.3 Å². The lowest BCUT2D eigenvalue weighted by atomic mass is 9.89. The molecule has 1 saturated carbocycles. The second kappa shape index (κ2) is 8.19. The van der Waals surface area contributed by atoms with Gasteiger partial charge in [-0.15, -0.1) is 0 Å². The molecule has 0 unspecified atom stereocenters. The Bertz CT molecular complexity index is 689. The van der Waals surface area contributed by atoms with Crippen LogP contribution in [0.5, 0.6) is 5.75 Å². The quantitative estimate of drug-likeness (QED) is 0.765. The molecule has 0 atom stereocenters. The van der Waals surface area contributed by atoms with Crippen LogP contribution in [0, 0.1) is 11.7 Å². The zero-order valence-corrected chi connectivity index (χ0v) is 14.5. The number of halogens is 1. The summed E-state index contributed by atoms with van der Waals surface area (Å²) in [5, 5.41) is 0. The highest BCUT2D eigenvalue weighted by Gasteiger charge is 2.21. The van der Waals surface area contributed by atoms with Crippen molar-refractivity contribution in [3.05, 3.63) is 53.7 Å². The van der Waals surface area contributed by atoms with Crippen LogP contribution in [0.3, 0.4) is 0 Å². The Morgan fingerprint density at radius 2 is 1.88 bits per heavy atom. The molecule has 5 heteroatoms. The average molecular weight is 345 g/mol. The fourth-order valence-electron chi connectivity index (χ4n) is 3.28. The Morgan fingerprint density at radius 3 is 2.60 bits per heavy atom. The lowest BCUT2D eigenvalue weighted by molar-refractivity contribution is 0.0725. The maximum absolute atomic E-state index is 12.9. The van der Waals surface area contributed by atoms with Crippen LogP contribution >= 0.6 is 0 Å². The Hall–Kier alpha value is -2.30. The average Bonchev–Trinajstić information content (AvgIpc) is 3.10. The maximum atomic E-state index is 12.9. The van der Waals surface area contributed by atoms with E-state index in [4.69, 9.17) is 9.15 Å². The van der Waals surface area contributed by atoms with Crippen LogP contribution in [0.2, 0.25) is 0 Å². The standard InChI is InChI=1S/C20H24FNO3/c1-22(13-15-5-3-2-4-6-15)20(23)19-12-11-18(25-19)14-24-17-9-7-16(21)8-10-17/h7-12,15H,2-6,13-14H2,1H3. The predicted molar refractivity (Wildman–Crippen MR) is 93.0 cm³/mol. The zero-order chi connectivity index (χ0) is 17.6. The smallest absolute Gasteiger partial charge is 0.289 e. The Labute approximate surface area is 147 Å². The van der Waals surface area contributed by atoms with Crippen molar-refractivity contribution in [2.75, 3.05) is 13.6 Å². The first-order valence-electron chi connectivity index (χ1n) is 8.84. The van der Waals surface area contributed by atoms with Crippen LogP contribution in [0.1, 0.15) is 48.4 Å². The maximum Gasteiger partial charge on any atom is 0.289 e. The number of ether oxygens (including phenoxy) is 1. The highest BCUT2D eigenvalue weighted by Crippen LogP contribution is 2.24. The van der Waals surface area contributed by atoms with E-state index in [1.807, 2.05) is 7.05 Å². The van der Waals surface area contributed by atoms with Gasteiger partial charge in [-0.05, 0) is 55.2 Å². The molecule has 2 aromatic rings. The molecule has 0 spiro atoms. The topological polar surface area (TPSA) is 42.7 Å². The second-order valence-corrected chi connectivity index (χ2v) is 6.70. The minimum atomic E-state index is -0.306. The first kappa shape index (κ1) is 17.5. The summed E-state index contributed by atoms with van der Waals surface area (Å²) in [7, 11) is 1.83. The summed E-state index contributed by atoms with van der Waals surface area (Å²) in [5.74, 6) is 1.65. The number of hydrogen-bond donors (Lipinski definition) is 0. The molecule has 25 heavy (non-hydrogen) atoms. The van der Waals surface area contributed by atoms with Gasteiger partial charge in [0.25, 0.3) is 5.91 Å². The van der Waals surface area contributed by atoms with Gasteiger partial charge in [0.1, 0.15) is 23.9 Å². The summed E-state index contributed by atoms with van der Waals surface area (Å²) in [6.45, 7) is 0.978. The van der Waals surface area contributed by atoms with Crippen molar-refractivity contribution in [1.29, 1.82) is 0 Å². The number of carbonyl (C=O) groups excluding carboxylic acids is 1. The van der Waals surface area contributed by atoms with Gasteiger partial charge in [0, 0.05) is 13.6 Å².